The van der Waals surface area contributed by atoms with Crippen molar-refractivity contribution in [2.75, 3.05) is 18.5 Å². The van der Waals surface area contributed by atoms with Crippen molar-refractivity contribution >= 4 is 33.4 Å². The highest BCUT2D eigenvalue weighted by Gasteiger charge is 2.25. The van der Waals surface area contributed by atoms with Gasteiger partial charge in [-0.05, 0) is 24.3 Å². The molecule has 0 aliphatic carbocycles. The molecule has 1 unspecified atom stereocenters. The van der Waals surface area contributed by atoms with E-state index in [4.69, 9.17) is 4.74 Å². The Morgan fingerprint density at radius 1 is 1.41 bits per heavy atom. The lowest BCUT2D eigenvalue weighted by atomic mass is 10.2. The smallest absolute Gasteiger partial charge is 0.249 e. The summed E-state index contributed by atoms with van der Waals surface area (Å²) in [6.07, 6.45) is 0. The van der Waals surface area contributed by atoms with Crippen LogP contribution in [-0.4, -0.2) is 31.1 Å². The lowest BCUT2D eigenvalue weighted by molar-refractivity contribution is -0.136. The Balaban J connectivity index is 1.96. The van der Waals surface area contributed by atoms with Crippen LogP contribution in [0, 0.1) is 0 Å². The number of carbonyl (C=O) groups is 2. The second-order valence-electron chi connectivity index (χ2n) is 3.63. The molecule has 1 fully saturated rings. The molecule has 1 aliphatic heterocycles. The molecule has 1 aromatic rings. The molecule has 0 bridgehead atoms. The molecule has 1 aromatic carbocycles. The molecule has 1 atom stereocenters. The minimum Gasteiger partial charge on any atom is -0.369 e. The molecule has 90 valence electrons. The molecule has 1 saturated heterocycles. The maximum absolute atomic E-state index is 11.8. The van der Waals surface area contributed by atoms with Crippen molar-refractivity contribution in [2.45, 2.75) is 6.04 Å². The third-order valence-corrected chi connectivity index (χ3v) is 2.81. The number of halogens is 1. The van der Waals surface area contributed by atoms with Crippen molar-refractivity contribution in [3.63, 3.8) is 0 Å². The first kappa shape index (κ1) is 12.1. The number of anilines is 1. The Kier molecular flexibility index (Phi) is 3.75. The fraction of sp³-hybridized carbons (Fsp3) is 0.273. The summed E-state index contributed by atoms with van der Waals surface area (Å²) in [6.45, 7) is 0.218. The second-order valence-corrected chi connectivity index (χ2v) is 4.55. The standard InChI is InChI=1S/C11H11BrN2O3/c12-7-1-3-8(4-2-7)13-11(16)9-5-17-6-10(15)14-9/h1-4,9H,5-6H2,(H,13,16)(H,14,15). The van der Waals surface area contributed by atoms with Gasteiger partial charge in [0.2, 0.25) is 11.8 Å². The van der Waals surface area contributed by atoms with E-state index in [0.29, 0.717) is 5.69 Å². The topological polar surface area (TPSA) is 67.4 Å². The number of morpholine rings is 1. The van der Waals surface area contributed by atoms with Gasteiger partial charge in [0.1, 0.15) is 12.6 Å². The van der Waals surface area contributed by atoms with E-state index in [2.05, 4.69) is 26.6 Å². The third-order valence-electron chi connectivity index (χ3n) is 2.28. The number of hydrogen-bond acceptors (Lipinski definition) is 3. The Hall–Kier alpha value is -1.40. The summed E-state index contributed by atoms with van der Waals surface area (Å²) in [5.41, 5.74) is 0.679. The summed E-state index contributed by atoms with van der Waals surface area (Å²) in [4.78, 5) is 22.8. The fourth-order valence-electron chi connectivity index (χ4n) is 1.45. The van der Waals surface area contributed by atoms with Crippen molar-refractivity contribution in [1.82, 2.24) is 5.32 Å². The molecule has 17 heavy (non-hydrogen) atoms. The van der Waals surface area contributed by atoms with E-state index in [1.165, 1.54) is 0 Å². The van der Waals surface area contributed by atoms with Gasteiger partial charge in [-0.2, -0.15) is 0 Å². The molecule has 1 heterocycles. The first-order valence-corrected chi connectivity index (χ1v) is 5.88. The predicted molar refractivity (Wildman–Crippen MR) is 65.5 cm³/mol. The highest BCUT2D eigenvalue weighted by molar-refractivity contribution is 9.10. The zero-order valence-corrected chi connectivity index (χ0v) is 10.5. The van der Waals surface area contributed by atoms with E-state index in [0.717, 1.165) is 4.47 Å². The van der Waals surface area contributed by atoms with E-state index < -0.39 is 6.04 Å². The summed E-state index contributed by atoms with van der Waals surface area (Å²) in [6, 6.07) is 6.57. The molecule has 0 spiro atoms. The number of rotatable bonds is 2. The summed E-state index contributed by atoms with van der Waals surface area (Å²) < 4.78 is 5.93. The summed E-state index contributed by atoms with van der Waals surface area (Å²) >= 11 is 3.31. The van der Waals surface area contributed by atoms with Crippen LogP contribution in [0.25, 0.3) is 0 Å². The van der Waals surface area contributed by atoms with Crippen molar-refractivity contribution in [2.24, 2.45) is 0 Å². The van der Waals surface area contributed by atoms with Crippen LogP contribution in [0.3, 0.4) is 0 Å². The lowest BCUT2D eigenvalue weighted by Crippen LogP contribution is -2.51. The number of benzene rings is 1. The van der Waals surface area contributed by atoms with E-state index in [9.17, 15) is 9.59 Å². The minimum atomic E-state index is -0.625. The van der Waals surface area contributed by atoms with Crippen LogP contribution in [0.2, 0.25) is 0 Å². The summed E-state index contributed by atoms with van der Waals surface area (Å²) in [5, 5.41) is 5.27. The van der Waals surface area contributed by atoms with Gasteiger partial charge in [0, 0.05) is 10.2 Å². The van der Waals surface area contributed by atoms with Gasteiger partial charge in [-0.3, -0.25) is 9.59 Å². The van der Waals surface area contributed by atoms with Crippen molar-refractivity contribution in [3.05, 3.63) is 28.7 Å². The second kappa shape index (κ2) is 5.29. The maximum Gasteiger partial charge on any atom is 0.249 e. The van der Waals surface area contributed by atoms with Crippen LogP contribution in [0.5, 0.6) is 0 Å². The molecular formula is C11H11BrN2O3. The van der Waals surface area contributed by atoms with Gasteiger partial charge in [-0.1, -0.05) is 15.9 Å². The van der Waals surface area contributed by atoms with Crippen LogP contribution < -0.4 is 10.6 Å². The molecule has 5 nitrogen and oxygen atoms in total. The van der Waals surface area contributed by atoms with Crippen LogP contribution in [-0.2, 0) is 14.3 Å². The van der Waals surface area contributed by atoms with Crippen molar-refractivity contribution in [1.29, 1.82) is 0 Å². The van der Waals surface area contributed by atoms with Gasteiger partial charge in [-0.25, -0.2) is 0 Å². The van der Waals surface area contributed by atoms with E-state index >= 15 is 0 Å². The average Bonchev–Trinajstić information content (AvgIpc) is 2.32. The zero-order valence-electron chi connectivity index (χ0n) is 8.90. The third kappa shape index (κ3) is 3.28. The molecule has 2 rings (SSSR count). The fourth-order valence-corrected chi connectivity index (χ4v) is 1.72. The number of hydrogen-bond donors (Lipinski definition) is 2. The SMILES string of the molecule is O=C1COCC(C(=O)Nc2ccc(Br)cc2)N1. The van der Waals surface area contributed by atoms with Gasteiger partial charge < -0.3 is 15.4 Å². The quantitative estimate of drug-likeness (QED) is 0.852. The van der Waals surface area contributed by atoms with Crippen LogP contribution in [0.1, 0.15) is 0 Å². The maximum atomic E-state index is 11.8. The molecule has 2 N–H and O–H groups in total. The molecular weight excluding hydrogens is 288 g/mol. The van der Waals surface area contributed by atoms with E-state index in [-0.39, 0.29) is 25.0 Å². The van der Waals surface area contributed by atoms with Crippen LogP contribution in [0.4, 0.5) is 5.69 Å². The Labute approximate surface area is 107 Å². The van der Waals surface area contributed by atoms with Crippen molar-refractivity contribution in [3.8, 4) is 0 Å². The minimum absolute atomic E-state index is 0.0159. The van der Waals surface area contributed by atoms with Crippen LogP contribution >= 0.6 is 15.9 Å². The molecule has 0 radical (unpaired) electrons. The van der Waals surface area contributed by atoms with E-state index in [1.54, 1.807) is 12.1 Å². The molecule has 0 saturated carbocycles. The lowest BCUT2D eigenvalue weighted by Gasteiger charge is -2.22. The number of ether oxygens (including phenoxy) is 1. The highest BCUT2D eigenvalue weighted by atomic mass is 79.9. The Morgan fingerprint density at radius 2 is 2.12 bits per heavy atom. The number of amides is 2. The Bertz CT molecular complexity index is 433. The van der Waals surface area contributed by atoms with Crippen molar-refractivity contribution < 1.29 is 14.3 Å². The Morgan fingerprint density at radius 3 is 2.76 bits per heavy atom. The number of carbonyl (C=O) groups excluding carboxylic acids is 2. The summed E-state index contributed by atoms with van der Waals surface area (Å²) in [7, 11) is 0. The van der Waals surface area contributed by atoms with Gasteiger partial charge in [0.15, 0.2) is 0 Å². The van der Waals surface area contributed by atoms with Crippen LogP contribution in [0.15, 0.2) is 28.7 Å². The molecule has 0 aromatic heterocycles. The van der Waals surface area contributed by atoms with E-state index in [1.807, 2.05) is 12.1 Å². The normalized spacial score (nSPS) is 19.6. The zero-order chi connectivity index (χ0) is 12.3. The molecule has 2 amide bonds. The largest absolute Gasteiger partial charge is 0.369 e. The predicted octanol–water partition coefficient (Wildman–Crippen LogP) is 0.903. The summed E-state index contributed by atoms with van der Waals surface area (Å²) in [5.74, 6) is -0.549. The van der Waals surface area contributed by atoms with Gasteiger partial charge in [-0.15, -0.1) is 0 Å². The molecule has 1 aliphatic rings. The highest BCUT2D eigenvalue weighted by Crippen LogP contribution is 2.14. The van der Waals surface area contributed by atoms with Gasteiger partial charge in [0.05, 0.1) is 6.61 Å². The average molecular weight is 299 g/mol. The first-order chi connectivity index (χ1) is 8.15. The monoisotopic (exact) mass is 298 g/mol. The first-order valence-electron chi connectivity index (χ1n) is 5.09. The van der Waals surface area contributed by atoms with Gasteiger partial charge >= 0.3 is 0 Å². The molecule has 6 heteroatoms. The number of nitrogens with one attached hydrogen (secondary N) is 2. The van der Waals surface area contributed by atoms with Gasteiger partial charge in [0.25, 0.3) is 0 Å².